The van der Waals surface area contributed by atoms with Crippen molar-refractivity contribution in [3.05, 3.63) is 126 Å². The molecule has 0 aliphatic carbocycles. The summed E-state index contributed by atoms with van der Waals surface area (Å²) in [4.78, 5) is 28.6. The van der Waals surface area contributed by atoms with Gasteiger partial charge in [0.05, 0.1) is 23.9 Å². The smallest absolute Gasteiger partial charge is 0.337 e. The number of rotatable bonds is 7. The van der Waals surface area contributed by atoms with Crippen molar-refractivity contribution in [1.82, 2.24) is 24.4 Å². The Balaban J connectivity index is 1.17. The fourth-order valence-corrected chi connectivity index (χ4v) is 5.92. The van der Waals surface area contributed by atoms with E-state index < -0.39 is 0 Å². The molecule has 1 atom stereocenters. The number of hydrogen-bond acceptors (Lipinski definition) is 7. The number of carbonyl (C=O) groups excluding carboxylic acids is 1. The topological polar surface area (TPSA) is 99.2 Å². The summed E-state index contributed by atoms with van der Waals surface area (Å²) in [5, 5.41) is 0. The maximum Gasteiger partial charge on any atom is 0.337 e. The lowest BCUT2D eigenvalue weighted by atomic mass is 9.88. The Morgan fingerprint density at radius 3 is 2.34 bits per heavy atom. The Morgan fingerprint density at radius 1 is 0.886 bits per heavy atom. The number of nitrogen functional groups attached to an aromatic ring is 1. The molecule has 2 N–H and O–H groups in total. The van der Waals surface area contributed by atoms with Crippen LogP contribution >= 0.6 is 0 Å². The Kier molecular flexibility index (Phi) is 7.12. The van der Waals surface area contributed by atoms with Gasteiger partial charge < -0.3 is 10.5 Å². The molecule has 0 spiro atoms. The van der Waals surface area contributed by atoms with Crippen LogP contribution in [0.25, 0.3) is 39.5 Å². The second kappa shape index (κ2) is 11.4. The Labute approximate surface area is 255 Å². The number of nitrogens with zero attached hydrogens (tertiary/aromatic N) is 5. The summed E-state index contributed by atoms with van der Waals surface area (Å²) in [7, 11) is 1.40. The number of pyridine rings is 2. The van der Waals surface area contributed by atoms with Gasteiger partial charge in [0.2, 0.25) is 0 Å². The van der Waals surface area contributed by atoms with Crippen molar-refractivity contribution in [3.8, 4) is 28.3 Å². The van der Waals surface area contributed by atoms with E-state index in [1.165, 1.54) is 18.2 Å². The largest absolute Gasteiger partial charge is 0.465 e. The molecule has 0 unspecified atom stereocenters. The molecule has 1 aliphatic rings. The van der Waals surface area contributed by atoms with Crippen LogP contribution in [0.4, 0.5) is 5.82 Å². The molecular weight excluding hydrogens is 548 g/mol. The van der Waals surface area contributed by atoms with Gasteiger partial charge in [0.15, 0.2) is 11.5 Å². The molecule has 1 fully saturated rings. The van der Waals surface area contributed by atoms with E-state index in [9.17, 15) is 4.79 Å². The first kappa shape index (κ1) is 27.5. The van der Waals surface area contributed by atoms with Crippen molar-refractivity contribution in [2.75, 3.05) is 25.9 Å². The van der Waals surface area contributed by atoms with Crippen LogP contribution in [0.2, 0.25) is 0 Å². The van der Waals surface area contributed by atoms with E-state index in [4.69, 9.17) is 20.4 Å². The van der Waals surface area contributed by atoms with Crippen molar-refractivity contribution in [2.45, 2.75) is 18.9 Å². The molecule has 4 heterocycles. The minimum Gasteiger partial charge on any atom is -0.465 e. The minimum atomic E-state index is -0.316. The van der Waals surface area contributed by atoms with Gasteiger partial charge in [0.1, 0.15) is 11.3 Å². The number of esters is 1. The number of aromatic nitrogens is 4. The van der Waals surface area contributed by atoms with Crippen LogP contribution in [0.3, 0.4) is 0 Å². The van der Waals surface area contributed by atoms with Crippen LogP contribution < -0.4 is 5.73 Å². The number of fused-ring (bicyclic) bond motifs is 1. The van der Waals surface area contributed by atoms with Crippen molar-refractivity contribution >= 4 is 23.0 Å². The van der Waals surface area contributed by atoms with Crippen molar-refractivity contribution in [3.63, 3.8) is 0 Å². The van der Waals surface area contributed by atoms with Crippen LogP contribution in [-0.4, -0.2) is 50.6 Å². The molecule has 1 saturated heterocycles. The molecule has 0 radical (unpaired) electrons. The zero-order valence-electron chi connectivity index (χ0n) is 24.6. The van der Waals surface area contributed by atoms with Gasteiger partial charge in [-0.25, -0.2) is 19.7 Å². The highest BCUT2D eigenvalue weighted by Crippen LogP contribution is 2.36. The Morgan fingerprint density at radius 2 is 1.64 bits per heavy atom. The molecule has 218 valence electrons. The van der Waals surface area contributed by atoms with Gasteiger partial charge in [-0.2, -0.15) is 0 Å². The molecule has 6 aromatic rings. The number of benzene rings is 3. The SMILES string of the molecule is COC(=O)c1ccc([C@@H](C)N2CC(c3ccc(-n4c(-c5cccnc5N)nc5ccc(-c6ccccc6)nc54)cc3)C2)cc1. The van der Waals surface area contributed by atoms with Crippen molar-refractivity contribution in [2.24, 2.45) is 0 Å². The molecule has 44 heavy (non-hydrogen) atoms. The summed E-state index contributed by atoms with van der Waals surface area (Å²) < 4.78 is 6.90. The number of ether oxygens (including phenoxy) is 1. The number of nitrogens with two attached hydrogens (primary N) is 1. The lowest BCUT2D eigenvalue weighted by molar-refractivity contribution is 0.0600. The highest BCUT2D eigenvalue weighted by molar-refractivity contribution is 5.89. The third-order valence-electron chi connectivity index (χ3n) is 8.55. The molecule has 8 heteroatoms. The average Bonchev–Trinajstić information content (AvgIpc) is 3.43. The average molecular weight is 581 g/mol. The van der Waals surface area contributed by atoms with E-state index >= 15 is 0 Å². The first-order chi connectivity index (χ1) is 21.5. The molecule has 8 nitrogen and oxygen atoms in total. The number of anilines is 1. The summed E-state index contributed by atoms with van der Waals surface area (Å²) >= 11 is 0. The van der Waals surface area contributed by atoms with Gasteiger partial charge in [-0.3, -0.25) is 9.47 Å². The molecule has 0 bridgehead atoms. The van der Waals surface area contributed by atoms with Gasteiger partial charge in [0.25, 0.3) is 0 Å². The third-order valence-corrected chi connectivity index (χ3v) is 8.55. The maximum absolute atomic E-state index is 11.8. The maximum atomic E-state index is 11.8. The summed E-state index contributed by atoms with van der Waals surface area (Å²) in [6.07, 6.45) is 1.69. The fourth-order valence-electron chi connectivity index (χ4n) is 5.92. The summed E-state index contributed by atoms with van der Waals surface area (Å²) in [5.41, 5.74) is 14.6. The normalized spacial score (nSPS) is 14.3. The number of methoxy groups -OCH3 is 1. The predicted molar refractivity (Wildman–Crippen MR) is 172 cm³/mol. The number of imidazole rings is 1. The van der Waals surface area contributed by atoms with Crippen LogP contribution in [-0.2, 0) is 4.74 Å². The predicted octanol–water partition coefficient (Wildman–Crippen LogP) is 6.68. The summed E-state index contributed by atoms with van der Waals surface area (Å²) in [6.45, 7) is 4.14. The quantitative estimate of drug-likeness (QED) is 0.210. The highest BCUT2D eigenvalue weighted by atomic mass is 16.5. The molecule has 0 saturated carbocycles. The van der Waals surface area contributed by atoms with E-state index in [0.717, 1.165) is 46.8 Å². The van der Waals surface area contributed by atoms with E-state index in [1.807, 2.05) is 66.7 Å². The highest BCUT2D eigenvalue weighted by Gasteiger charge is 2.32. The number of hydrogen-bond donors (Lipinski definition) is 1. The van der Waals surface area contributed by atoms with E-state index in [-0.39, 0.29) is 12.0 Å². The van der Waals surface area contributed by atoms with Gasteiger partial charge in [-0.05, 0) is 66.6 Å². The lowest BCUT2D eigenvalue weighted by Crippen LogP contribution is -2.46. The van der Waals surface area contributed by atoms with Crippen molar-refractivity contribution in [1.29, 1.82) is 0 Å². The van der Waals surface area contributed by atoms with Gasteiger partial charge in [-0.15, -0.1) is 0 Å². The van der Waals surface area contributed by atoms with Crippen LogP contribution in [0.5, 0.6) is 0 Å². The van der Waals surface area contributed by atoms with E-state index in [1.54, 1.807) is 6.20 Å². The fraction of sp³-hybridized carbons (Fsp3) is 0.167. The van der Waals surface area contributed by atoms with Gasteiger partial charge in [0, 0.05) is 42.5 Å². The monoisotopic (exact) mass is 580 g/mol. The molecule has 3 aromatic heterocycles. The van der Waals surface area contributed by atoms with Gasteiger partial charge >= 0.3 is 5.97 Å². The lowest BCUT2D eigenvalue weighted by Gasteiger charge is -2.43. The minimum absolute atomic E-state index is 0.256. The third kappa shape index (κ3) is 4.99. The number of likely N-dealkylation sites (tertiary alicyclic amines) is 1. The van der Waals surface area contributed by atoms with Crippen LogP contribution in [0.15, 0.2) is 109 Å². The molecule has 3 aromatic carbocycles. The summed E-state index contributed by atoms with van der Waals surface area (Å²) in [6, 6.07) is 34.6. The molecule has 1 aliphatic heterocycles. The van der Waals surface area contributed by atoms with E-state index in [0.29, 0.717) is 23.1 Å². The zero-order chi connectivity index (χ0) is 30.2. The van der Waals surface area contributed by atoms with E-state index in [2.05, 4.69) is 57.8 Å². The molecule has 7 rings (SSSR count). The molecule has 0 amide bonds. The van der Waals surface area contributed by atoms with Gasteiger partial charge in [-0.1, -0.05) is 54.6 Å². The standard InChI is InChI=1S/C36H32N6O2/c1-23(24-10-12-27(13-11-24)36(43)44-2)41-21-28(22-41)25-14-16-29(17-15-25)42-34(30-9-6-20-38-33(30)37)40-32-19-18-31(39-35(32)42)26-7-4-3-5-8-26/h3-20,23,28H,21-22H2,1-2H3,(H2,37,38)/t23-/m1/s1. The second-order valence-electron chi connectivity index (χ2n) is 11.1. The first-order valence-electron chi connectivity index (χ1n) is 14.7. The molecular formula is C36H32N6O2. The zero-order valence-corrected chi connectivity index (χ0v) is 24.6. The van der Waals surface area contributed by atoms with Crippen molar-refractivity contribution < 1.29 is 9.53 Å². The Bertz CT molecular complexity index is 1950. The Hall–Kier alpha value is -5.34. The van der Waals surface area contributed by atoms with Crippen LogP contribution in [0.1, 0.15) is 40.4 Å². The van der Waals surface area contributed by atoms with Crippen LogP contribution in [0, 0.1) is 0 Å². The summed E-state index contributed by atoms with van der Waals surface area (Å²) in [5.74, 6) is 1.26. The second-order valence-corrected chi connectivity index (χ2v) is 11.1. The first-order valence-corrected chi connectivity index (χ1v) is 14.7. The number of carbonyl (C=O) groups is 1.